The SMILES string of the molecule is COc1cc(Nc2ncc(C(C)c3ccccc3C(N)=O)nn2)cc(OC)c1OC. The highest BCUT2D eigenvalue weighted by atomic mass is 16.5. The normalized spacial score (nSPS) is 11.5. The molecule has 1 atom stereocenters. The lowest BCUT2D eigenvalue weighted by molar-refractivity contribution is 0.0999. The fourth-order valence-electron chi connectivity index (χ4n) is 3.08. The molecular weight excluding hydrogens is 386 g/mol. The summed E-state index contributed by atoms with van der Waals surface area (Å²) in [4.78, 5) is 16.0. The number of methoxy groups -OCH3 is 3. The number of hydrogen-bond acceptors (Lipinski definition) is 8. The molecule has 0 aliphatic carbocycles. The summed E-state index contributed by atoms with van der Waals surface area (Å²) in [7, 11) is 4.62. The van der Waals surface area contributed by atoms with Crippen LogP contribution in [0.3, 0.4) is 0 Å². The predicted octanol–water partition coefficient (Wildman–Crippen LogP) is 2.89. The molecule has 0 saturated heterocycles. The van der Waals surface area contributed by atoms with Gasteiger partial charge in [-0.15, -0.1) is 10.2 Å². The van der Waals surface area contributed by atoms with Crippen LogP contribution in [0.4, 0.5) is 11.6 Å². The Labute approximate surface area is 174 Å². The van der Waals surface area contributed by atoms with E-state index in [0.717, 1.165) is 5.56 Å². The highest BCUT2D eigenvalue weighted by Gasteiger charge is 2.18. The zero-order valence-corrected chi connectivity index (χ0v) is 17.2. The van der Waals surface area contributed by atoms with Gasteiger partial charge in [0.1, 0.15) is 0 Å². The fourth-order valence-corrected chi connectivity index (χ4v) is 3.08. The summed E-state index contributed by atoms with van der Waals surface area (Å²) >= 11 is 0. The summed E-state index contributed by atoms with van der Waals surface area (Å²) in [6.07, 6.45) is 1.61. The number of carbonyl (C=O) groups is 1. The summed E-state index contributed by atoms with van der Waals surface area (Å²) < 4.78 is 16.0. The molecule has 0 fully saturated rings. The first-order valence-corrected chi connectivity index (χ1v) is 9.13. The lowest BCUT2D eigenvalue weighted by Gasteiger charge is -2.15. The Kier molecular flexibility index (Phi) is 6.31. The fraction of sp³-hybridized carbons (Fsp3) is 0.238. The van der Waals surface area contributed by atoms with Gasteiger partial charge < -0.3 is 25.3 Å². The van der Waals surface area contributed by atoms with Gasteiger partial charge in [-0.2, -0.15) is 0 Å². The number of rotatable bonds is 8. The molecule has 9 nitrogen and oxygen atoms in total. The maximum absolute atomic E-state index is 11.7. The van der Waals surface area contributed by atoms with Crippen molar-refractivity contribution in [1.29, 1.82) is 0 Å². The number of nitrogens with one attached hydrogen (secondary N) is 1. The molecule has 156 valence electrons. The number of hydrogen-bond donors (Lipinski definition) is 2. The number of ether oxygens (including phenoxy) is 3. The van der Waals surface area contributed by atoms with E-state index < -0.39 is 5.91 Å². The van der Waals surface area contributed by atoms with Crippen molar-refractivity contribution in [3.8, 4) is 17.2 Å². The number of amides is 1. The molecule has 2 aromatic carbocycles. The number of nitrogens with two attached hydrogens (primary N) is 1. The second-order valence-electron chi connectivity index (χ2n) is 6.42. The van der Waals surface area contributed by atoms with Crippen LogP contribution in [0.25, 0.3) is 0 Å². The molecule has 1 heterocycles. The smallest absolute Gasteiger partial charge is 0.248 e. The zero-order chi connectivity index (χ0) is 21.7. The van der Waals surface area contributed by atoms with Gasteiger partial charge in [-0.3, -0.25) is 4.79 Å². The number of carbonyl (C=O) groups excluding carboxylic acids is 1. The summed E-state index contributed by atoms with van der Waals surface area (Å²) in [6, 6.07) is 10.6. The van der Waals surface area contributed by atoms with Gasteiger partial charge in [-0.05, 0) is 11.6 Å². The summed E-state index contributed by atoms with van der Waals surface area (Å²) in [6.45, 7) is 1.92. The summed E-state index contributed by atoms with van der Waals surface area (Å²) in [5.74, 6) is 1.09. The molecule has 1 amide bonds. The van der Waals surface area contributed by atoms with Crippen molar-refractivity contribution in [3.05, 3.63) is 59.4 Å². The number of aromatic nitrogens is 3. The maximum atomic E-state index is 11.7. The largest absolute Gasteiger partial charge is 0.493 e. The van der Waals surface area contributed by atoms with Crippen LogP contribution in [-0.2, 0) is 0 Å². The molecule has 0 radical (unpaired) electrons. The Hall–Kier alpha value is -3.88. The Morgan fingerprint density at radius 2 is 1.70 bits per heavy atom. The van der Waals surface area contributed by atoms with Crippen molar-refractivity contribution in [2.75, 3.05) is 26.6 Å². The second kappa shape index (κ2) is 9.08. The molecule has 3 N–H and O–H groups in total. The number of nitrogens with zero attached hydrogens (tertiary/aromatic N) is 3. The number of anilines is 2. The third-order valence-corrected chi connectivity index (χ3v) is 4.64. The average Bonchev–Trinajstić information content (AvgIpc) is 2.78. The van der Waals surface area contributed by atoms with Gasteiger partial charge in [0.2, 0.25) is 17.6 Å². The van der Waals surface area contributed by atoms with Crippen molar-refractivity contribution in [2.45, 2.75) is 12.8 Å². The maximum Gasteiger partial charge on any atom is 0.248 e. The Morgan fingerprint density at radius 3 is 2.23 bits per heavy atom. The van der Waals surface area contributed by atoms with Crippen molar-refractivity contribution in [2.24, 2.45) is 5.73 Å². The van der Waals surface area contributed by atoms with E-state index in [1.807, 2.05) is 19.1 Å². The van der Waals surface area contributed by atoms with Gasteiger partial charge >= 0.3 is 0 Å². The second-order valence-corrected chi connectivity index (χ2v) is 6.42. The minimum atomic E-state index is -0.487. The predicted molar refractivity (Wildman–Crippen MR) is 112 cm³/mol. The van der Waals surface area contributed by atoms with E-state index in [1.54, 1.807) is 44.7 Å². The Morgan fingerprint density at radius 1 is 1.03 bits per heavy atom. The van der Waals surface area contributed by atoms with Gasteiger partial charge in [0.15, 0.2) is 11.5 Å². The molecule has 0 aliphatic heterocycles. The molecule has 3 rings (SSSR count). The van der Waals surface area contributed by atoms with E-state index in [1.165, 1.54) is 7.11 Å². The van der Waals surface area contributed by atoms with Crippen molar-refractivity contribution in [1.82, 2.24) is 15.2 Å². The van der Waals surface area contributed by atoms with Crippen LogP contribution in [0.5, 0.6) is 17.2 Å². The molecule has 1 unspecified atom stereocenters. The van der Waals surface area contributed by atoms with E-state index in [2.05, 4.69) is 20.5 Å². The van der Waals surface area contributed by atoms with Gasteiger partial charge in [-0.1, -0.05) is 25.1 Å². The Balaban J connectivity index is 1.84. The van der Waals surface area contributed by atoms with Crippen LogP contribution in [0.15, 0.2) is 42.6 Å². The van der Waals surface area contributed by atoms with Gasteiger partial charge in [-0.25, -0.2) is 4.98 Å². The molecular formula is C21H23N5O4. The first-order chi connectivity index (χ1) is 14.5. The molecule has 9 heteroatoms. The molecule has 1 aromatic heterocycles. The zero-order valence-electron chi connectivity index (χ0n) is 17.2. The number of primary amides is 1. The molecule has 0 saturated carbocycles. The van der Waals surface area contributed by atoms with E-state index in [0.29, 0.717) is 40.1 Å². The molecule has 3 aromatic rings. The van der Waals surface area contributed by atoms with Crippen LogP contribution in [0, 0.1) is 0 Å². The van der Waals surface area contributed by atoms with Crippen LogP contribution in [-0.4, -0.2) is 42.4 Å². The standard InChI is InChI=1S/C21H23N5O4/c1-12(14-7-5-6-8-15(14)20(22)27)16-11-23-21(26-25-16)24-13-9-17(28-2)19(30-4)18(10-13)29-3/h5-12H,1-4H3,(H2,22,27)(H,23,24,26). The lowest BCUT2D eigenvalue weighted by atomic mass is 9.93. The quantitative estimate of drug-likeness (QED) is 0.582. The highest BCUT2D eigenvalue weighted by molar-refractivity contribution is 5.94. The third kappa shape index (κ3) is 4.24. The third-order valence-electron chi connectivity index (χ3n) is 4.64. The molecule has 30 heavy (non-hydrogen) atoms. The first-order valence-electron chi connectivity index (χ1n) is 9.13. The number of benzene rings is 2. The average molecular weight is 409 g/mol. The van der Waals surface area contributed by atoms with Crippen LogP contribution in [0.1, 0.15) is 34.5 Å². The Bertz CT molecular complexity index is 1010. The highest BCUT2D eigenvalue weighted by Crippen LogP contribution is 2.40. The van der Waals surface area contributed by atoms with E-state index in [9.17, 15) is 4.79 Å². The van der Waals surface area contributed by atoms with E-state index in [4.69, 9.17) is 19.9 Å². The van der Waals surface area contributed by atoms with Crippen LogP contribution >= 0.6 is 0 Å². The van der Waals surface area contributed by atoms with E-state index in [-0.39, 0.29) is 5.92 Å². The molecule has 0 bridgehead atoms. The lowest BCUT2D eigenvalue weighted by Crippen LogP contribution is -2.16. The van der Waals surface area contributed by atoms with Gasteiger partial charge in [0, 0.05) is 29.3 Å². The molecule has 0 spiro atoms. The van der Waals surface area contributed by atoms with Crippen LogP contribution < -0.4 is 25.3 Å². The summed E-state index contributed by atoms with van der Waals surface area (Å²) in [5, 5.41) is 11.5. The van der Waals surface area contributed by atoms with Crippen molar-refractivity contribution in [3.63, 3.8) is 0 Å². The minimum Gasteiger partial charge on any atom is -0.493 e. The van der Waals surface area contributed by atoms with Crippen molar-refractivity contribution < 1.29 is 19.0 Å². The first kappa shape index (κ1) is 20.8. The van der Waals surface area contributed by atoms with Crippen LogP contribution in [0.2, 0.25) is 0 Å². The van der Waals surface area contributed by atoms with Gasteiger partial charge in [0.25, 0.3) is 0 Å². The van der Waals surface area contributed by atoms with Crippen molar-refractivity contribution >= 4 is 17.5 Å². The monoisotopic (exact) mass is 409 g/mol. The topological polar surface area (TPSA) is 121 Å². The minimum absolute atomic E-state index is 0.205. The summed E-state index contributed by atoms with van der Waals surface area (Å²) in [5.41, 5.74) is 7.95. The van der Waals surface area contributed by atoms with Gasteiger partial charge in [0.05, 0.1) is 33.2 Å². The van der Waals surface area contributed by atoms with E-state index >= 15 is 0 Å². The molecule has 0 aliphatic rings.